The normalized spacial score (nSPS) is 10.0. The topological polar surface area (TPSA) is 76.7 Å². The van der Waals surface area contributed by atoms with Gasteiger partial charge < -0.3 is 10.5 Å². The molecule has 0 saturated carbocycles. The molecule has 0 spiro atoms. The number of hydrogen-bond donors (Lipinski definition) is 2. The molecule has 0 fully saturated rings. The number of hydrazone groups is 1. The summed E-state index contributed by atoms with van der Waals surface area (Å²) in [5.74, 6) is 0.664. The molecular weight excluding hydrogens is 206 g/mol. The molecule has 5 nitrogen and oxygen atoms in total. The van der Waals surface area contributed by atoms with Crippen molar-refractivity contribution in [1.29, 1.82) is 0 Å². The average Bonchev–Trinajstić information content (AvgIpc) is 2.27. The fourth-order valence-electron chi connectivity index (χ4n) is 1.03. The van der Waals surface area contributed by atoms with E-state index in [0.29, 0.717) is 12.4 Å². The van der Waals surface area contributed by atoms with Crippen LogP contribution in [0.1, 0.15) is 5.56 Å². The summed E-state index contributed by atoms with van der Waals surface area (Å²) in [6, 6.07) is 6.59. The maximum atomic E-state index is 10.4. The van der Waals surface area contributed by atoms with Crippen LogP contribution in [0.2, 0.25) is 0 Å². The van der Waals surface area contributed by atoms with Crippen LogP contribution in [0.3, 0.4) is 0 Å². The Bertz CT molecular complexity index is 402. The summed E-state index contributed by atoms with van der Waals surface area (Å²) in [4.78, 5) is 10.4. The maximum absolute atomic E-state index is 10.4. The van der Waals surface area contributed by atoms with E-state index in [1.54, 1.807) is 12.1 Å². The number of urea groups is 1. The van der Waals surface area contributed by atoms with Crippen molar-refractivity contribution in [2.24, 2.45) is 10.8 Å². The lowest BCUT2D eigenvalue weighted by Crippen LogP contribution is -2.24. The van der Waals surface area contributed by atoms with E-state index in [1.165, 1.54) is 6.21 Å². The van der Waals surface area contributed by atoms with Gasteiger partial charge in [0.25, 0.3) is 0 Å². The van der Waals surface area contributed by atoms with E-state index in [1.807, 2.05) is 18.2 Å². The number of hydrogen-bond acceptors (Lipinski definition) is 3. The number of carbonyl (C=O) groups excluding carboxylic acids is 1. The third-order valence-electron chi connectivity index (χ3n) is 1.65. The lowest BCUT2D eigenvalue weighted by Gasteiger charge is -2.05. The van der Waals surface area contributed by atoms with E-state index in [9.17, 15) is 4.79 Å². The van der Waals surface area contributed by atoms with E-state index in [0.717, 1.165) is 5.56 Å². The van der Waals surface area contributed by atoms with Crippen LogP contribution >= 0.6 is 0 Å². The molecule has 1 rings (SSSR count). The number of nitrogens with one attached hydrogen (secondary N) is 1. The van der Waals surface area contributed by atoms with Gasteiger partial charge >= 0.3 is 6.03 Å². The Labute approximate surface area is 93.6 Å². The van der Waals surface area contributed by atoms with E-state index < -0.39 is 6.03 Å². The van der Waals surface area contributed by atoms with Crippen molar-refractivity contribution >= 4 is 12.2 Å². The zero-order valence-electron chi connectivity index (χ0n) is 8.72. The number of carbonyl (C=O) groups is 1. The van der Waals surface area contributed by atoms with Crippen LogP contribution in [0, 0.1) is 0 Å². The smallest absolute Gasteiger partial charge is 0.332 e. The van der Waals surface area contributed by atoms with Gasteiger partial charge in [-0.25, -0.2) is 10.2 Å². The lowest BCUT2D eigenvalue weighted by atomic mass is 10.2. The fourth-order valence-corrected chi connectivity index (χ4v) is 1.03. The molecule has 0 aromatic heterocycles. The lowest BCUT2D eigenvalue weighted by molar-refractivity contribution is 0.249. The summed E-state index contributed by atoms with van der Waals surface area (Å²) in [7, 11) is 0. The number of rotatable bonds is 5. The van der Waals surface area contributed by atoms with Gasteiger partial charge in [0.2, 0.25) is 0 Å². The van der Waals surface area contributed by atoms with Crippen LogP contribution in [-0.2, 0) is 0 Å². The Kier molecular flexibility index (Phi) is 4.59. The van der Waals surface area contributed by atoms with E-state index in [-0.39, 0.29) is 0 Å². The number of ether oxygens (including phenoxy) is 1. The number of nitrogens with two attached hydrogens (primary N) is 1. The molecule has 2 amide bonds. The predicted molar refractivity (Wildman–Crippen MR) is 62.4 cm³/mol. The third kappa shape index (κ3) is 3.83. The van der Waals surface area contributed by atoms with Crippen molar-refractivity contribution in [3.8, 4) is 5.75 Å². The number of para-hydroxylation sites is 1. The second-order valence-electron chi connectivity index (χ2n) is 2.87. The highest BCUT2D eigenvalue weighted by Crippen LogP contribution is 2.15. The van der Waals surface area contributed by atoms with Crippen molar-refractivity contribution in [2.75, 3.05) is 6.61 Å². The molecule has 0 atom stereocenters. The predicted octanol–water partition coefficient (Wildman–Crippen LogP) is 1.25. The Balaban J connectivity index is 2.73. The molecule has 0 heterocycles. The van der Waals surface area contributed by atoms with Crippen molar-refractivity contribution in [2.45, 2.75) is 0 Å². The maximum Gasteiger partial charge on any atom is 0.332 e. The molecule has 0 saturated heterocycles. The van der Waals surface area contributed by atoms with Crippen molar-refractivity contribution in [3.05, 3.63) is 42.5 Å². The van der Waals surface area contributed by atoms with Gasteiger partial charge in [-0.2, -0.15) is 5.10 Å². The van der Waals surface area contributed by atoms with Crippen LogP contribution in [0.4, 0.5) is 4.79 Å². The van der Waals surface area contributed by atoms with Crippen molar-refractivity contribution in [3.63, 3.8) is 0 Å². The first kappa shape index (κ1) is 11.8. The molecule has 16 heavy (non-hydrogen) atoms. The average molecular weight is 219 g/mol. The summed E-state index contributed by atoms with van der Waals surface area (Å²) in [5.41, 5.74) is 7.72. The molecule has 5 heteroatoms. The highest BCUT2D eigenvalue weighted by Gasteiger charge is 1.98. The Morgan fingerprint density at radius 2 is 2.31 bits per heavy atom. The Morgan fingerprint density at radius 1 is 1.56 bits per heavy atom. The van der Waals surface area contributed by atoms with Crippen molar-refractivity contribution < 1.29 is 9.53 Å². The van der Waals surface area contributed by atoms with E-state index >= 15 is 0 Å². The zero-order chi connectivity index (χ0) is 11.8. The van der Waals surface area contributed by atoms with Gasteiger partial charge in [0.1, 0.15) is 12.4 Å². The molecule has 3 N–H and O–H groups in total. The summed E-state index contributed by atoms with van der Waals surface area (Å²) >= 11 is 0. The molecular formula is C11H13N3O2. The monoisotopic (exact) mass is 219 g/mol. The Morgan fingerprint density at radius 3 is 3.00 bits per heavy atom. The molecule has 0 aliphatic carbocycles. The number of nitrogens with zero attached hydrogens (tertiary/aromatic N) is 1. The number of primary amides is 1. The van der Waals surface area contributed by atoms with Crippen LogP contribution in [-0.4, -0.2) is 18.9 Å². The Hall–Kier alpha value is -2.30. The van der Waals surface area contributed by atoms with Gasteiger partial charge in [0.05, 0.1) is 6.21 Å². The first-order valence-corrected chi connectivity index (χ1v) is 4.65. The SMILES string of the molecule is C=CCOc1ccccc1/C=N/NC(N)=O. The minimum atomic E-state index is -0.708. The molecule has 0 aliphatic heterocycles. The van der Waals surface area contributed by atoms with Crippen LogP contribution in [0.5, 0.6) is 5.75 Å². The minimum absolute atomic E-state index is 0.411. The first-order valence-electron chi connectivity index (χ1n) is 4.65. The van der Waals surface area contributed by atoms with E-state index in [2.05, 4.69) is 17.1 Å². The largest absolute Gasteiger partial charge is 0.489 e. The quantitative estimate of drug-likeness (QED) is 0.444. The summed E-state index contributed by atoms with van der Waals surface area (Å²) in [5, 5.41) is 3.65. The van der Waals surface area contributed by atoms with Gasteiger partial charge in [-0.05, 0) is 12.1 Å². The molecule has 84 valence electrons. The van der Waals surface area contributed by atoms with Gasteiger partial charge in [-0.3, -0.25) is 0 Å². The molecule has 0 unspecified atom stereocenters. The third-order valence-corrected chi connectivity index (χ3v) is 1.65. The van der Waals surface area contributed by atoms with Gasteiger partial charge in [0.15, 0.2) is 0 Å². The summed E-state index contributed by atoms with van der Waals surface area (Å²) in [6.45, 7) is 3.97. The van der Waals surface area contributed by atoms with Gasteiger partial charge in [0, 0.05) is 5.56 Å². The molecule has 0 radical (unpaired) electrons. The molecule has 1 aromatic carbocycles. The zero-order valence-corrected chi connectivity index (χ0v) is 8.72. The van der Waals surface area contributed by atoms with Crippen molar-refractivity contribution in [1.82, 2.24) is 5.43 Å². The second kappa shape index (κ2) is 6.23. The highest BCUT2D eigenvalue weighted by molar-refractivity contribution is 5.84. The van der Waals surface area contributed by atoms with Crippen LogP contribution < -0.4 is 15.9 Å². The molecule has 0 aliphatic rings. The van der Waals surface area contributed by atoms with Gasteiger partial charge in [-0.15, -0.1) is 0 Å². The van der Waals surface area contributed by atoms with Crippen LogP contribution in [0.25, 0.3) is 0 Å². The molecule has 0 bridgehead atoms. The minimum Gasteiger partial charge on any atom is -0.489 e. The summed E-state index contributed by atoms with van der Waals surface area (Å²) < 4.78 is 5.39. The van der Waals surface area contributed by atoms with E-state index in [4.69, 9.17) is 10.5 Å². The van der Waals surface area contributed by atoms with Gasteiger partial charge in [-0.1, -0.05) is 24.8 Å². The van der Waals surface area contributed by atoms with Crippen LogP contribution in [0.15, 0.2) is 42.0 Å². The number of benzene rings is 1. The molecule has 1 aromatic rings. The second-order valence-corrected chi connectivity index (χ2v) is 2.87. The first-order chi connectivity index (χ1) is 7.74. The highest BCUT2D eigenvalue weighted by atomic mass is 16.5. The summed E-state index contributed by atoms with van der Waals surface area (Å²) in [6.07, 6.45) is 3.11. The standard InChI is InChI=1S/C11H13N3O2/c1-2-7-16-10-6-4-3-5-9(10)8-13-14-11(12)15/h2-6,8H,1,7H2,(H3,12,14,15)/b13-8+. The fraction of sp³-hybridized carbons (Fsp3) is 0.0909. The number of amides is 2.